The van der Waals surface area contributed by atoms with Gasteiger partial charge in [0.15, 0.2) is 0 Å². The van der Waals surface area contributed by atoms with Crippen molar-refractivity contribution < 1.29 is 14.7 Å². The van der Waals surface area contributed by atoms with Crippen LogP contribution < -0.4 is 4.90 Å². The Bertz CT molecular complexity index is 845. The molecular weight excluding hydrogens is 320 g/mol. The van der Waals surface area contributed by atoms with Gasteiger partial charge in [0, 0.05) is 31.3 Å². The number of aryl methyl sites for hydroxylation is 1. The maximum absolute atomic E-state index is 12.9. The zero-order chi connectivity index (χ0) is 17.6. The Labute approximate surface area is 145 Å². The normalized spacial score (nSPS) is 20.0. The number of phenolic OH excluding ortho intramolecular Hbond substituents is 1. The number of phenols is 1. The molecule has 0 saturated carbocycles. The third-order valence-electron chi connectivity index (χ3n) is 4.85. The molecule has 3 heterocycles. The second kappa shape index (κ2) is 5.91. The van der Waals surface area contributed by atoms with E-state index in [1.54, 1.807) is 29.2 Å². The summed E-state index contributed by atoms with van der Waals surface area (Å²) in [7, 11) is 0. The van der Waals surface area contributed by atoms with Crippen LogP contribution in [0, 0.1) is 12.8 Å². The smallest absolute Gasteiger partial charge is 0.228 e. The van der Waals surface area contributed by atoms with Crippen LogP contribution in [0.3, 0.4) is 0 Å². The minimum atomic E-state index is -0.342. The molecule has 0 radical (unpaired) electrons. The summed E-state index contributed by atoms with van der Waals surface area (Å²) in [4.78, 5) is 28.6. The molecule has 2 amide bonds. The van der Waals surface area contributed by atoms with Gasteiger partial charge in [-0.3, -0.25) is 14.3 Å². The van der Waals surface area contributed by atoms with Gasteiger partial charge in [0.2, 0.25) is 11.8 Å². The highest BCUT2D eigenvalue weighted by Crippen LogP contribution is 2.29. The molecule has 2 aliphatic rings. The van der Waals surface area contributed by atoms with Crippen molar-refractivity contribution in [1.29, 1.82) is 0 Å². The van der Waals surface area contributed by atoms with Crippen LogP contribution >= 0.6 is 0 Å². The van der Waals surface area contributed by atoms with Crippen LogP contribution in [0.25, 0.3) is 0 Å². The lowest BCUT2D eigenvalue weighted by Gasteiger charge is -2.29. The van der Waals surface area contributed by atoms with Gasteiger partial charge in [0.25, 0.3) is 0 Å². The van der Waals surface area contributed by atoms with Gasteiger partial charge in [-0.25, -0.2) is 0 Å². The van der Waals surface area contributed by atoms with E-state index in [1.807, 2.05) is 22.6 Å². The first-order valence-corrected chi connectivity index (χ1v) is 8.43. The fraction of sp³-hybridized carbons (Fsp3) is 0.389. The fourth-order valence-electron chi connectivity index (χ4n) is 3.64. The Hall–Kier alpha value is -2.83. The number of benzene rings is 1. The molecule has 7 nitrogen and oxygen atoms in total. The Morgan fingerprint density at radius 1 is 1.28 bits per heavy atom. The molecule has 1 aromatic heterocycles. The molecule has 0 aliphatic carbocycles. The third kappa shape index (κ3) is 2.86. The number of amides is 2. The first kappa shape index (κ1) is 15.7. The fourth-order valence-corrected chi connectivity index (χ4v) is 3.64. The largest absolute Gasteiger partial charge is 0.508 e. The van der Waals surface area contributed by atoms with Crippen LogP contribution in [0.5, 0.6) is 5.75 Å². The predicted octanol–water partition coefficient (Wildman–Crippen LogP) is 1.29. The van der Waals surface area contributed by atoms with Crippen LogP contribution in [0.15, 0.2) is 30.3 Å². The average molecular weight is 340 g/mol. The van der Waals surface area contributed by atoms with E-state index in [1.165, 1.54) is 0 Å². The van der Waals surface area contributed by atoms with E-state index in [0.717, 1.165) is 11.4 Å². The quantitative estimate of drug-likeness (QED) is 0.894. The molecular formula is C18H20N4O3. The van der Waals surface area contributed by atoms with E-state index in [9.17, 15) is 14.7 Å². The van der Waals surface area contributed by atoms with E-state index in [0.29, 0.717) is 31.9 Å². The summed E-state index contributed by atoms with van der Waals surface area (Å²) < 4.78 is 1.94. The summed E-state index contributed by atoms with van der Waals surface area (Å²) in [5.41, 5.74) is 2.62. The van der Waals surface area contributed by atoms with Gasteiger partial charge >= 0.3 is 0 Å². The Kier molecular flexibility index (Phi) is 3.71. The van der Waals surface area contributed by atoms with E-state index in [-0.39, 0.29) is 29.9 Å². The topological polar surface area (TPSA) is 78.7 Å². The van der Waals surface area contributed by atoms with Crippen molar-refractivity contribution in [3.8, 4) is 5.75 Å². The molecule has 1 atom stereocenters. The van der Waals surface area contributed by atoms with Gasteiger partial charge in [0.1, 0.15) is 5.75 Å². The van der Waals surface area contributed by atoms with Gasteiger partial charge in [-0.15, -0.1) is 0 Å². The Balaban J connectivity index is 1.48. The van der Waals surface area contributed by atoms with Crippen LogP contribution in [0.4, 0.5) is 5.69 Å². The van der Waals surface area contributed by atoms with E-state index in [4.69, 9.17) is 0 Å². The molecule has 0 spiro atoms. The Morgan fingerprint density at radius 2 is 2.12 bits per heavy atom. The minimum Gasteiger partial charge on any atom is -0.508 e. The zero-order valence-corrected chi connectivity index (χ0v) is 14.1. The van der Waals surface area contributed by atoms with Crippen molar-refractivity contribution in [1.82, 2.24) is 14.7 Å². The van der Waals surface area contributed by atoms with Gasteiger partial charge in [-0.05, 0) is 25.1 Å². The highest BCUT2D eigenvalue weighted by Gasteiger charge is 2.38. The van der Waals surface area contributed by atoms with E-state index >= 15 is 0 Å². The third-order valence-corrected chi connectivity index (χ3v) is 4.85. The summed E-state index contributed by atoms with van der Waals surface area (Å²) in [6, 6.07) is 8.57. The van der Waals surface area contributed by atoms with Crippen LogP contribution in [0.1, 0.15) is 17.8 Å². The number of nitrogens with zero attached hydrogens (tertiary/aromatic N) is 4. The lowest BCUT2D eigenvalue weighted by molar-refractivity contribution is -0.137. The van der Waals surface area contributed by atoms with E-state index < -0.39 is 0 Å². The summed E-state index contributed by atoms with van der Waals surface area (Å²) in [6.45, 7) is 4.14. The van der Waals surface area contributed by atoms with Crippen molar-refractivity contribution in [2.24, 2.45) is 5.92 Å². The minimum absolute atomic E-state index is 0.0149. The van der Waals surface area contributed by atoms with Crippen LogP contribution in [0.2, 0.25) is 0 Å². The highest BCUT2D eigenvalue weighted by atomic mass is 16.3. The number of aromatic nitrogens is 2. The molecule has 130 valence electrons. The van der Waals surface area contributed by atoms with Crippen molar-refractivity contribution in [2.45, 2.75) is 26.4 Å². The number of carbonyl (C=O) groups excluding carboxylic acids is 2. The van der Waals surface area contributed by atoms with Crippen molar-refractivity contribution >= 4 is 17.5 Å². The molecule has 1 N–H and O–H groups in total. The van der Waals surface area contributed by atoms with Gasteiger partial charge in [-0.1, -0.05) is 6.07 Å². The standard InChI is InChI=1S/C18H20N4O3/c1-12-7-15-11-20(5-6-22(15)19-12)18(25)13-8-17(24)21(10-13)14-3-2-4-16(23)9-14/h2-4,7,9,13,23H,5-6,8,10-11H2,1H3/t13-/m1/s1. The molecule has 7 heteroatoms. The first-order valence-electron chi connectivity index (χ1n) is 8.43. The van der Waals surface area contributed by atoms with Crippen molar-refractivity contribution in [2.75, 3.05) is 18.0 Å². The molecule has 2 aliphatic heterocycles. The lowest BCUT2D eigenvalue weighted by Crippen LogP contribution is -2.42. The lowest BCUT2D eigenvalue weighted by atomic mass is 10.1. The number of anilines is 1. The van der Waals surface area contributed by atoms with Crippen molar-refractivity contribution in [3.63, 3.8) is 0 Å². The first-order chi connectivity index (χ1) is 12.0. The summed E-state index contributed by atoms with van der Waals surface area (Å²) in [5.74, 6) is -0.298. The Morgan fingerprint density at radius 3 is 2.92 bits per heavy atom. The van der Waals surface area contributed by atoms with E-state index in [2.05, 4.69) is 5.10 Å². The number of carbonyl (C=O) groups is 2. The molecule has 25 heavy (non-hydrogen) atoms. The van der Waals surface area contributed by atoms with Gasteiger partial charge in [-0.2, -0.15) is 5.10 Å². The number of fused-ring (bicyclic) bond motifs is 1. The number of rotatable bonds is 2. The van der Waals surface area contributed by atoms with Crippen LogP contribution in [-0.4, -0.2) is 44.7 Å². The molecule has 0 bridgehead atoms. The summed E-state index contributed by atoms with van der Waals surface area (Å²) >= 11 is 0. The molecule has 2 aromatic rings. The van der Waals surface area contributed by atoms with Crippen molar-refractivity contribution in [3.05, 3.63) is 41.7 Å². The maximum Gasteiger partial charge on any atom is 0.228 e. The number of aromatic hydroxyl groups is 1. The molecule has 1 fully saturated rings. The second-order valence-corrected chi connectivity index (χ2v) is 6.69. The molecule has 1 saturated heterocycles. The summed E-state index contributed by atoms with van der Waals surface area (Å²) in [5, 5.41) is 14.0. The van der Waals surface area contributed by atoms with Gasteiger partial charge < -0.3 is 14.9 Å². The highest BCUT2D eigenvalue weighted by molar-refractivity contribution is 6.00. The zero-order valence-electron chi connectivity index (χ0n) is 14.1. The van der Waals surface area contributed by atoms with Crippen LogP contribution in [-0.2, 0) is 22.7 Å². The molecule has 4 rings (SSSR count). The van der Waals surface area contributed by atoms with Gasteiger partial charge in [0.05, 0.1) is 30.4 Å². The predicted molar refractivity (Wildman–Crippen MR) is 90.9 cm³/mol. The SMILES string of the molecule is Cc1cc2n(n1)CCN(C(=O)[C@@H]1CC(=O)N(c3cccc(O)c3)C1)C2. The maximum atomic E-state index is 12.9. The number of hydrogen-bond acceptors (Lipinski definition) is 4. The monoisotopic (exact) mass is 340 g/mol. The number of hydrogen-bond donors (Lipinski definition) is 1. The second-order valence-electron chi connectivity index (χ2n) is 6.69. The molecule has 1 aromatic carbocycles. The summed E-state index contributed by atoms with van der Waals surface area (Å²) in [6.07, 6.45) is 0.212. The molecule has 0 unspecified atom stereocenters. The average Bonchev–Trinajstić information content (AvgIpc) is 3.15.